The Hall–Kier alpha value is -3.90. The molecule has 0 unspecified atom stereocenters. The first-order valence-electron chi connectivity index (χ1n) is 8.85. The van der Waals surface area contributed by atoms with Gasteiger partial charge in [-0.3, -0.25) is 4.79 Å². The highest BCUT2D eigenvalue weighted by molar-refractivity contribution is 5.94. The summed E-state index contributed by atoms with van der Waals surface area (Å²) in [6.07, 6.45) is 10.2. The second kappa shape index (κ2) is 11.7. The number of carboxylic acids is 1. The Kier molecular flexibility index (Phi) is 9.37. The van der Waals surface area contributed by atoms with Crippen LogP contribution >= 0.6 is 0 Å². The van der Waals surface area contributed by atoms with Crippen molar-refractivity contribution in [3.63, 3.8) is 0 Å². The molecule has 0 aromatic heterocycles. The summed E-state index contributed by atoms with van der Waals surface area (Å²) in [6.45, 7) is 4.70. The topological polar surface area (TPSA) is 90.5 Å². The fourth-order valence-electron chi connectivity index (χ4n) is 2.44. The van der Waals surface area contributed by atoms with Gasteiger partial charge in [-0.05, 0) is 61.4 Å². The largest absolute Gasteiger partial charge is 0.478 e. The molecule has 0 aliphatic heterocycles. The van der Waals surface area contributed by atoms with Crippen molar-refractivity contribution in [3.8, 4) is 24.7 Å². The third-order valence-corrected chi connectivity index (χ3v) is 3.95. The van der Waals surface area contributed by atoms with Gasteiger partial charge in [-0.15, -0.1) is 12.8 Å². The van der Waals surface area contributed by atoms with Crippen LogP contribution < -0.4 is 16.0 Å². The smallest absolute Gasteiger partial charge is 0.335 e. The van der Waals surface area contributed by atoms with Gasteiger partial charge in [0.15, 0.2) is 0 Å². The van der Waals surface area contributed by atoms with Crippen LogP contribution in [0.15, 0.2) is 36.4 Å². The molecule has 150 valence electrons. The molecule has 0 bridgehead atoms. The average molecular weight is 391 g/mol. The second-order valence-corrected chi connectivity index (χ2v) is 6.06. The molecular formula is C23H25N3O3. The minimum Gasteiger partial charge on any atom is -0.478 e. The number of amides is 1. The lowest BCUT2D eigenvalue weighted by atomic mass is 10.1. The molecular weight excluding hydrogens is 366 g/mol. The Morgan fingerprint density at radius 3 is 1.72 bits per heavy atom. The number of hydrogen-bond acceptors (Lipinski definition) is 4. The van der Waals surface area contributed by atoms with Crippen LogP contribution in [0, 0.1) is 38.5 Å². The summed E-state index contributed by atoms with van der Waals surface area (Å²) < 4.78 is 0. The number of terminal acetylenes is 2. The molecule has 0 spiro atoms. The van der Waals surface area contributed by atoms with Gasteiger partial charge < -0.3 is 21.1 Å². The lowest BCUT2D eigenvalue weighted by Gasteiger charge is -2.08. The van der Waals surface area contributed by atoms with Crippen LogP contribution in [0.5, 0.6) is 0 Å². The van der Waals surface area contributed by atoms with Gasteiger partial charge in [0.25, 0.3) is 5.91 Å². The van der Waals surface area contributed by atoms with Gasteiger partial charge in [0.2, 0.25) is 0 Å². The molecule has 0 saturated carbocycles. The van der Waals surface area contributed by atoms with E-state index in [0.29, 0.717) is 18.7 Å². The number of aromatic carboxylic acids is 1. The molecule has 2 rings (SSSR count). The maximum absolute atomic E-state index is 11.3. The molecule has 4 N–H and O–H groups in total. The summed E-state index contributed by atoms with van der Waals surface area (Å²) in [7, 11) is 1.61. The molecule has 0 aliphatic carbocycles. The molecule has 0 atom stereocenters. The summed E-state index contributed by atoms with van der Waals surface area (Å²) >= 11 is 0. The van der Waals surface area contributed by atoms with Crippen LogP contribution in [0.1, 0.15) is 31.8 Å². The molecule has 0 radical (unpaired) electrons. The summed E-state index contributed by atoms with van der Waals surface area (Å²) in [4.78, 5) is 22.0. The quantitative estimate of drug-likeness (QED) is 0.568. The molecule has 2 aromatic carbocycles. The Labute approximate surface area is 171 Å². The SMILES string of the molecule is C#CCNc1ccc(C(=O)NC)cc1C.C#CCNc1ccc(C(=O)O)cc1C. The number of anilines is 2. The highest BCUT2D eigenvalue weighted by Gasteiger charge is 2.05. The van der Waals surface area contributed by atoms with E-state index >= 15 is 0 Å². The van der Waals surface area contributed by atoms with Gasteiger partial charge in [0, 0.05) is 24.0 Å². The van der Waals surface area contributed by atoms with Gasteiger partial charge in [0.05, 0.1) is 18.7 Å². The Morgan fingerprint density at radius 1 is 0.897 bits per heavy atom. The van der Waals surface area contributed by atoms with Crippen LogP contribution in [0.25, 0.3) is 0 Å². The number of rotatable bonds is 6. The highest BCUT2D eigenvalue weighted by Crippen LogP contribution is 2.17. The van der Waals surface area contributed by atoms with Crippen molar-refractivity contribution in [2.75, 3.05) is 30.8 Å². The Balaban J connectivity index is 0.000000291. The summed E-state index contributed by atoms with van der Waals surface area (Å²) in [5, 5.41) is 17.4. The van der Waals surface area contributed by atoms with E-state index in [9.17, 15) is 9.59 Å². The van der Waals surface area contributed by atoms with Crippen molar-refractivity contribution < 1.29 is 14.7 Å². The van der Waals surface area contributed by atoms with Crippen LogP contribution in [0.4, 0.5) is 11.4 Å². The number of carbonyl (C=O) groups is 2. The van der Waals surface area contributed by atoms with E-state index in [4.69, 9.17) is 18.0 Å². The third kappa shape index (κ3) is 7.32. The zero-order chi connectivity index (χ0) is 21.8. The van der Waals surface area contributed by atoms with Crippen molar-refractivity contribution in [1.29, 1.82) is 0 Å². The molecule has 29 heavy (non-hydrogen) atoms. The third-order valence-electron chi connectivity index (χ3n) is 3.95. The molecule has 6 heteroatoms. The van der Waals surface area contributed by atoms with Crippen molar-refractivity contribution in [2.45, 2.75) is 13.8 Å². The number of carbonyl (C=O) groups excluding carboxylic acids is 1. The number of benzene rings is 2. The van der Waals surface area contributed by atoms with E-state index in [2.05, 4.69) is 27.8 Å². The van der Waals surface area contributed by atoms with Crippen LogP contribution in [-0.2, 0) is 0 Å². The lowest BCUT2D eigenvalue weighted by Crippen LogP contribution is -2.17. The van der Waals surface area contributed by atoms with E-state index < -0.39 is 5.97 Å². The first-order chi connectivity index (χ1) is 13.8. The molecule has 0 saturated heterocycles. The normalized spacial score (nSPS) is 9.14. The molecule has 0 aliphatic rings. The Morgan fingerprint density at radius 2 is 1.34 bits per heavy atom. The highest BCUT2D eigenvalue weighted by atomic mass is 16.4. The van der Waals surface area contributed by atoms with E-state index in [-0.39, 0.29) is 11.5 Å². The van der Waals surface area contributed by atoms with Crippen LogP contribution in [-0.4, -0.2) is 37.1 Å². The van der Waals surface area contributed by atoms with Gasteiger partial charge in [-0.1, -0.05) is 11.8 Å². The molecule has 0 heterocycles. The van der Waals surface area contributed by atoms with Gasteiger partial charge in [0.1, 0.15) is 0 Å². The molecule has 6 nitrogen and oxygen atoms in total. The van der Waals surface area contributed by atoms with Gasteiger partial charge >= 0.3 is 5.97 Å². The van der Waals surface area contributed by atoms with Crippen molar-refractivity contribution in [2.24, 2.45) is 0 Å². The monoisotopic (exact) mass is 391 g/mol. The Bertz CT molecular complexity index is 953. The second-order valence-electron chi connectivity index (χ2n) is 6.06. The van der Waals surface area contributed by atoms with E-state index in [1.807, 2.05) is 26.0 Å². The van der Waals surface area contributed by atoms with E-state index in [0.717, 1.165) is 22.5 Å². The maximum atomic E-state index is 11.3. The summed E-state index contributed by atoms with van der Waals surface area (Å²) in [5.74, 6) is 3.95. The van der Waals surface area contributed by atoms with Crippen LogP contribution in [0.2, 0.25) is 0 Å². The first kappa shape index (κ1) is 23.1. The lowest BCUT2D eigenvalue weighted by molar-refractivity contribution is 0.0696. The summed E-state index contributed by atoms with van der Waals surface area (Å²) in [6, 6.07) is 10.3. The molecule has 0 fully saturated rings. The predicted octanol–water partition coefficient (Wildman–Crippen LogP) is 3.14. The van der Waals surface area contributed by atoms with Crippen LogP contribution in [0.3, 0.4) is 0 Å². The predicted molar refractivity (Wildman–Crippen MR) is 117 cm³/mol. The van der Waals surface area contributed by atoms with Crippen molar-refractivity contribution in [3.05, 3.63) is 58.7 Å². The van der Waals surface area contributed by atoms with E-state index in [1.54, 1.807) is 31.3 Å². The minimum absolute atomic E-state index is 0.0819. The van der Waals surface area contributed by atoms with Gasteiger partial charge in [-0.2, -0.15) is 0 Å². The standard InChI is InChI=1S/C12H14N2O.C11H11NO2/c1-4-7-14-11-6-5-10(8-9(11)2)12(15)13-3;1-3-6-12-10-5-4-9(11(13)14)7-8(10)2/h1,5-6,8,14H,7H2,2-3H3,(H,13,15);1,4-5,7,12H,6H2,2H3,(H,13,14). The van der Waals surface area contributed by atoms with Gasteiger partial charge in [-0.25, -0.2) is 4.79 Å². The fourth-order valence-corrected chi connectivity index (χ4v) is 2.44. The zero-order valence-corrected chi connectivity index (χ0v) is 16.8. The number of nitrogens with one attached hydrogen (secondary N) is 3. The molecule has 2 aromatic rings. The van der Waals surface area contributed by atoms with Crippen molar-refractivity contribution in [1.82, 2.24) is 5.32 Å². The average Bonchev–Trinajstić information content (AvgIpc) is 2.71. The maximum Gasteiger partial charge on any atom is 0.335 e. The fraction of sp³-hybridized carbons (Fsp3) is 0.217. The molecule has 1 amide bonds. The number of carboxylic acid groups (broad SMARTS) is 1. The van der Waals surface area contributed by atoms with E-state index in [1.165, 1.54) is 0 Å². The minimum atomic E-state index is -0.920. The van der Waals surface area contributed by atoms with Crippen molar-refractivity contribution >= 4 is 23.3 Å². The number of aryl methyl sites for hydroxylation is 2. The summed E-state index contributed by atoms with van der Waals surface area (Å²) in [5.41, 5.74) is 4.65. The zero-order valence-electron chi connectivity index (χ0n) is 16.8. The first-order valence-corrected chi connectivity index (χ1v) is 8.85. The number of hydrogen-bond donors (Lipinski definition) is 4.